The van der Waals surface area contributed by atoms with Crippen molar-refractivity contribution >= 4 is 45.9 Å². The number of nitrogens with zero attached hydrogens (tertiary/aromatic N) is 1. The molecule has 1 heterocycles. The lowest BCUT2D eigenvalue weighted by molar-refractivity contribution is -0.112. The van der Waals surface area contributed by atoms with Crippen LogP contribution in [-0.4, -0.2) is 19.0 Å². The van der Waals surface area contributed by atoms with E-state index in [4.69, 9.17) is 21.1 Å². The first-order valence-electron chi connectivity index (χ1n) is 10.7. The number of amides is 1. The van der Waals surface area contributed by atoms with Gasteiger partial charge in [0, 0.05) is 10.4 Å². The van der Waals surface area contributed by atoms with Crippen molar-refractivity contribution in [3.8, 4) is 11.8 Å². The summed E-state index contributed by atoms with van der Waals surface area (Å²) in [5, 5.41) is 12.8. The molecule has 9 heteroatoms. The predicted octanol–water partition coefficient (Wildman–Crippen LogP) is 6.40. The van der Waals surface area contributed by atoms with Gasteiger partial charge in [0.05, 0.1) is 17.7 Å². The number of esters is 1. The molecule has 1 N–H and O–H groups in total. The number of hydrogen-bond donors (Lipinski definition) is 1. The van der Waals surface area contributed by atoms with Crippen LogP contribution < -0.4 is 10.1 Å². The van der Waals surface area contributed by atoms with E-state index in [1.807, 2.05) is 13.0 Å². The minimum atomic E-state index is -0.646. The summed E-state index contributed by atoms with van der Waals surface area (Å²) >= 11 is 7.31. The van der Waals surface area contributed by atoms with E-state index in [-0.39, 0.29) is 22.8 Å². The van der Waals surface area contributed by atoms with E-state index >= 15 is 0 Å². The Morgan fingerprint density at radius 2 is 2.03 bits per heavy atom. The van der Waals surface area contributed by atoms with Gasteiger partial charge in [0.2, 0.25) is 0 Å². The highest BCUT2D eigenvalue weighted by molar-refractivity contribution is 7.16. The Kier molecular flexibility index (Phi) is 9.01. The zero-order valence-corrected chi connectivity index (χ0v) is 20.6. The van der Waals surface area contributed by atoms with Crippen molar-refractivity contribution < 1.29 is 23.5 Å². The summed E-state index contributed by atoms with van der Waals surface area (Å²) in [6.45, 7) is 2.13. The first kappa shape index (κ1) is 25.9. The second-order valence-electron chi connectivity index (χ2n) is 7.42. The topological polar surface area (TPSA) is 88.4 Å². The van der Waals surface area contributed by atoms with Gasteiger partial charge in [-0.1, -0.05) is 43.1 Å². The SMILES string of the molecule is CCCc1cc(C(=O)OC)c(NC(=O)C(C#N)=Cc2cccc(OCc3ccc(F)cc3Cl)c2)s1. The van der Waals surface area contributed by atoms with Crippen LogP contribution in [0.3, 0.4) is 0 Å². The number of methoxy groups -OCH3 is 1. The number of benzene rings is 2. The molecule has 1 aromatic heterocycles. The van der Waals surface area contributed by atoms with E-state index in [2.05, 4.69) is 5.32 Å². The monoisotopic (exact) mass is 512 g/mol. The van der Waals surface area contributed by atoms with Gasteiger partial charge in [-0.15, -0.1) is 11.3 Å². The fraction of sp³-hybridized carbons (Fsp3) is 0.192. The Morgan fingerprint density at radius 3 is 2.71 bits per heavy atom. The smallest absolute Gasteiger partial charge is 0.340 e. The summed E-state index contributed by atoms with van der Waals surface area (Å²) < 4.78 is 23.8. The molecule has 1 amide bonds. The Morgan fingerprint density at radius 1 is 1.23 bits per heavy atom. The van der Waals surface area contributed by atoms with Crippen LogP contribution >= 0.6 is 22.9 Å². The van der Waals surface area contributed by atoms with Crippen molar-refractivity contribution in [3.63, 3.8) is 0 Å². The van der Waals surface area contributed by atoms with Crippen molar-refractivity contribution in [2.24, 2.45) is 0 Å². The fourth-order valence-electron chi connectivity index (χ4n) is 3.15. The molecule has 180 valence electrons. The molecule has 2 aromatic carbocycles. The largest absolute Gasteiger partial charge is 0.489 e. The zero-order chi connectivity index (χ0) is 25.4. The highest BCUT2D eigenvalue weighted by Gasteiger charge is 2.20. The fourth-order valence-corrected chi connectivity index (χ4v) is 4.51. The molecule has 3 aromatic rings. The molecular weight excluding hydrogens is 491 g/mol. The Hall–Kier alpha value is -3.67. The number of carbonyl (C=O) groups excluding carboxylic acids is 2. The molecule has 0 unspecified atom stereocenters. The van der Waals surface area contributed by atoms with Gasteiger partial charge in [-0.2, -0.15) is 5.26 Å². The average Bonchev–Trinajstić information content (AvgIpc) is 3.24. The van der Waals surface area contributed by atoms with E-state index in [9.17, 15) is 19.2 Å². The summed E-state index contributed by atoms with van der Waals surface area (Å²) in [6, 6.07) is 14.4. The molecule has 3 rings (SSSR count). The molecule has 0 saturated carbocycles. The number of ether oxygens (including phenoxy) is 2. The molecule has 0 bridgehead atoms. The van der Waals surface area contributed by atoms with Crippen LogP contribution in [0.1, 0.15) is 39.7 Å². The second-order valence-corrected chi connectivity index (χ2v) is 8.96. The number of anilines is 1. The standard InChI is InChI=1S/C26H22ClFN2O4S/c1-3-5-21-13-22(26(32)33-2)25(35-21)30-24(31)18(14-29)10-16-6-4-7-20(11-16)34-15-17-8-9-19(28)12-23(17)27/h4,6-13H,3,5,15H2,1-2H3,(H,30,31). The molecule has 6 nitrogen and oxygen atoms in total. The Labute approximate surface area is 211 Å². The maximum Gasteiger partial charge on any atom is 0.340 e. The lowest BCUT2D eigenvalue weighted by atomic mass is 10.1. The molecule has 0 aliphatic rings. The van der Waals surface area contributed by atoms with Crippen molar-refractivity contribution in [3.05, 3.63) is 86.5 Å². The third-order valence-corrected chi connectivity index (χ3v) is 6.32. The number of halogens is 2. The van der Waals surface area contributed by atoms with E-state index in [0.29, 0.717) is 21.9 Å². The molecule has 0 saturated heterocycles. The van der Waals surface area contributed by atoms with Gasteiger partial charge in [0.25, 0.3) is 5.91 Å². The number of rotatable bonds is 9. The first-order valence-corrected chi connectivity index (χ1v) is 11.8. The van der Waals surface area contributed by atoms with Gasteiger partial charge in [0.1, 0.15) is 34.8 Å². The highest BCUT2D eigenvalue weighted by Crippen LogP contribution is 2.30. The van der Waals surface area contributed by atoms with E-state index in [0.717, 1.165) is 17.7 Å². The van der Waals surface area contributed by atoms with Crippen LogP contribution in [0.15, 0.2) is 54.1 Å². The average molecular weight is 513 g/mol. The van der Waals surface area contributed by atoms with Crippen LogP contribution in [0.5, 0.6) is 5.75 Å². The first-order chi connectivity index (χ1) is 16.8. The Bertz CT molecular complexity index is 1310. The normalized spacial score (nSPS) is 11.0. The molecule has 35 heavy (non-hydrogen) atoms. The third kappa shape index (κ3) is 6.92. The maximum absolute atomic E-state index is 13.2. The molecule has 0 aliphatic carbocycles. The number of hydrogen-bond acceptors (Lipinski definition) is 6. The van der Waals surface area contributed by atoms with Gasteiger partial charge in [-0.25, -0.2) is 9.18 Å². The molecular formula is C26H22ClFN2O4S. The Balaban J connectivity index is 1.76. The predicted molar refractivity (Wildman–Crippen MR) is 134 cm³/mol. The van der Waals surface area contributed by atoms with Gasteiger partial charge in [-0.05, 0) is 48.4 Å². The number of nitrogens with one attached hydrogen (secondary N) is 1. The van der Waals surface area contributed by atoms with E-state index in [1.165, 1.54) is 36.7 Å². The van der Waals surface area contributed by atoms with Crippen LogP contribution in [0.4, 0.5) is 9.39 Å². The van der Waals surface area contributed by atoms with E-state index in [1.54, 1.807) is 36.4 Å². The quantitative estimate of drug-likeness (QED) is 0.203. The molecule has 0 atom stereocenters. The van der Waals surface area contributed by atoms with Crippen molar-refractivity contribution in [1.29, 1.82) is 5.26 Å². The minimum absolute atomic E-state index is 0.118. The molecule has 0 radical (unpaired) electrons. The van der Waals surface area contributed by atoms with Crippen LogP contribution in [0.2, 0.25) is 5.02 Å². The van der Waals surface area contributed by atoms with Gasteiger partial charge >= 0.3 is 5.97 Å². The summed E-state index contributed by atoms with van der Waals surface area (Å²) in [5.74, 6) is -1.16. The van der Waals surface area contributed by atoms with Crippen molar-refractivity contribution in [2.45, 2.75) is 26.4 Å². The third-order valence-electron chi connectivity index (χ3n) is 4.86. The van der Waals surface area contributed by atoms with Crippen molar-refractivity contribution in [2.75, 3.05) is 12.4 Å². The van der Waals surface area contributed by atoms with Crippen LogP contribution in [0, 0.1) is 17.1 Å². The zero-order valence-electron chi connectivity index (χ0n) is 19.1. The number of aryl methyl sites for hydroxylation is 1. The van der Waals surface area contributed by atoms with E-state index < -0.39 is 17.7 Å². The minimum Gasteiger partial charge on any atom is -0.489 e. The summed E-state index contributed by atoms with van der Waals surface area (Å²) in [4.78, 5) is 25.9. The second kappa shape index (κ2) is 12.2. The highest BCUT2D eigenvalue weighted by atomic mass is 35.5. The van der Waals surface area contributed by atoms with Crippen LogP contribution in [0.25, 0.3) is 6.08 Å². The van der Waals surface area contributed by atoms with Gasteiger partial charge < -0.3 is 14.8 Å². The lowest BCUT2D eigenvalue weighted by Crippen LogP contribution is -2.15. The van der Waals surface area contributed by atoms with Gasteiger partial charge in [-0.3, -0.25) is 4.79 Å². The number of thiophene rings is 1. The summed E-state index contributed by atoms with van der Waals surface area (Å²) in [6.07, 6.45) is 3.05. The van der Waals surface area contributed by atoms with Gasteiger partial charge in [0.15, 0.2) is 0 Å². The lowest BCUT2D eigenvalue weighted by Gasteiger charge is -2.09. The number of nitriles is 1. The maximum atomic E-state index is 13.2. The van der Waals surface area contributed by atoms with Crippen molar-refractivity contribution in [1.82, 2.24) is 0 Å². The number of carbonyl (C=O) groups is 2. The molecule has 0 spiro atoms. The molecule has 0 fully saturated rings. The summed E-state index contributed by atoms with van der Waals surface area (Å²) in [5.41, 5.74) is 1.28. The molecule has 0 aliphatic heterocycles. The van der Waals surface area contributed by atoms with Crippen LogP contribution in [-0.2, 0) is 22.6 Å². The summed E-state index contributed by atoms with van der Waals surface area (Å²) in [7, 11) is 1.27.